The molecule has 28 heavy (non-hydrogen) atoms. The van der Waals surface area contributed by atoms with Crippen LogP contribution in [0.2, 0.25) is 5.02 Å². The minimum absolute atomic E-state index is 0.0142. The highest BCUT2D eigenvalue weighted by Gasteiger charge is 2.34. The fourth-order valence-electron chi connectivity index (χ4n) is 3.20. The molecule has 0 radical (unpaired) electrons. The summed E-state index contributed by atoms with van der Waals surface area (Å²) in [5, 5.41) is 3.19. The number of amides is 1. The Hall–Kier alpha value is -2.16. The molecule has 0 spiro atoms. The van der Waals surface area contributed by atoms with Crippen LogP contribution in [0.15, 0.2) is 47.6 Å². The van der Waals surface area contributed by atoms with Crippen molar-refractivity contribution in [3.63, 3.8) is 0 Å². The van der Waals surface area contributed by atoms with Crippen molar-refractivity contribution < 1.29 is 17.9 Å². The summed E-state index contributed by atoms with van der Waals surface area (Å²) in [5.41, 5.74) is 0.937. The average Bonchev–Trinajstić information content (AvgIpc) is 2.72. The highest BCUT2D eigenvalue weighted by atomic mass is 35.5. The normalized spacial score (nSPS) is 17.9. The molecule has 1 saturated heterocycles. The minimum Gasteiger partial charge on any atom is -0.495 e. The number of halogens is 1. The highest BCUT2D eigenvalue weighted by Crippen LogP contribution is 2.31. The van der Waals surface area contributed by atoms with E-state index in [0.717, 1.165) is 5.56 Å². The topological polar surface area (TPSA) is 88.6 Å². The molecule has 1 aromatic carbocycles. The second-order valence-corrected chi connectivity index (χ2v) is 8.91. The molecule has 1 aliphatic heterocycles. The van der Waals surface area contributed by atoms with Crippen molar-refractivity contribution in [2.24, 2.45) is 5.92 Å². The molecule has 0 aliphatic carbocycles. The smallest absolute Gasteiger partial charge is 0.246 e. The second kappa shape index (κ2) is 8.89. The van der Waals surface area contributed by atoms with Crippen molar-refractivity contribution in [1.82, 2.24) is 14.6 Å². The molecular formula is C19H22ClN3O4S. The molecule has 1 aliphatic rings. The summed E-state index contributed by atoms with van der Waals surface area (Å²) in [6, 6.07) is 8.12. The summed E-state index contributed by atoms with van der Waals surface area (Å²) in [4.78, 5) is 16.5. The number of rotatable bonds is 6. The molecule has 1 atom stereocenters. The quantitative estimate of drug-likeness (QED) is 0.770. The Labute approximate surface area is 169 Å². The molecule has 1 fully saturated rings. The van der Waals surface area contributed by atoms with Gasteiger partial charge in [0.05, 0.1) is 13.0 Å². The zero-order valence-corrected chi connectivity index (χ0v) is 17.0. The predicted molar refractivity (Wildman–Crippen MR) is 106 cm³/mol. The molecule has 2 aromatic rings. The SMILES string of the molecule is COc1ccc(Cl)cc1S(=O)(=O)N1CCC[C@@H](C(=O)NCc2ccncc2)C1. The monoisotopic (exact) mass is 423 g/mol. The van der Waals surface area contributed by atoms with Crippen molar-refractivity contribution in [1.29, 1.82) is 0 Å². The molecule has 1 aromatic heterocycles. The first-order chi connectivity index (χ1) is 13.4. The third kappa shape index (κ3) is 4.63. The number of pyridine rings is 1. The molecule has 1 N–H and O–H groups in total. The van der Waals surface area contributed by atoms with Crippen LogP contribution in [0.4, 0.5) is 0 Å². The van der Waals surface area contributed by atoms with Gasteiger partial charge in [-0.1, -0.05) is 11.6 Å². The zero-order chi connectivity index (χ0) is 20.1. The number of ether oxygens (including phenoxy) is 1. The maximum Gasteiger partial charge on any atom is 0.246 e. The van der Waals surface area contributed by atoms with Gasteiger partial charge in [-0.15, -0.1) is 0 Å². The van der Waals surface area contributed by atoms with E-state index in [0.29, 0.717) is 31.0 Å². The third-order valence-electron chi connectivity index (χ3n) is 4.71. The molecule has 0 unspecified atom stereocenters. The summed E-state index contributed by atoms with van der Waals surface area (Å²) >= 11 is 5.99. The molecule has 150 valence electrons. The average molecular weight is 424 g/mol. The highest BCUT2D eigenvalue weighted by molar-refractivity contribution is 7.89. The van der Waals surface area contributed by atoms with Gasteiger partial charge in [0.15, 0.2) is 0 Å². The van der Waals surface area contributed by atoms with Gasteiger partial charge < -0.3 is 10.1 Å². The summed E-state index contributed by atoms with van der Waals surface area (Å²) in [7, 11) is -2.41. The largest absolute Gasteiger partial charge is 0.495 e. The number of sulfonamides is 1. The van der Waals surface area contributed by atoms with Gasteiger partial charge in [-0.2, -0.15) is 4.31 Å². The third-order valence-corrected chi connectivity index (χ3v) is 6.84. The van der Waals surface area contributed by atoms with E-state index in [9.17, 15) is 13.2 Å². The number of hydrogen-bond acceptors (Lipinski definition) is 5. The fraction of sp³-hybridized carbons (Fsp3) is 0.368. The van der Waals surface area contributed by atoms with Crippen LogP contribution in [0.25, 0.3) is 0 Å². The van der Waals surface area contributed by atoms with E-state index in [-0.39, 0.29) is 23.1 Å². The number of methoxy groups -OCH3 is 1. The summed E-state index contributed by atoms with van der Waals surface area (Å²) in [6.45, 7) is 0.860. The second-order valence-electron chi connectivity index (χ2n) is 6.57. The Morgan fingerprint density at radius 1 is 1.32 bits per heavy atom. The van der Waals surface area contributed by atoms with E-state index in [2.05, 4.69) is 10.3 Å². The lowest BCUT2D eigenvalue weighted by Crippen LogP contribution is -2.45. The number of benzene rings is 1. The van der Waals surface area contributed by atoms with Crippen LogP contribution in [0.1, 0.15) is 18.4 Å². The Bertz CT molecular complexity index is 937. The standard InChI is InChI=1S/C19H22ClN3O4S/c1-27-17-5-4-16(20)11-18(17)28(25,26)23-10-2-3-15(13-23)19(24)22-12-14-6-8-21-9-7-14/h4-9,11,15H,2-3,10,12-13H2,1H3,(H,22,24)/t15-/m1/s1. The first-order valence-electron chi connectivity index (χ1n) is 8.92. The van der Waals surface area contributed by atoms with Crippen LogP contribution in [0.5, 0.6) is 5.75 Å². The van der Waals surface area contributed by atoms with Gasteiger partial charge in [0.2, 0.25) is 15.9 Å². The van der Waals surface area contributed by atoms with Crippen molar-refractivity contribution in [3.8, 4) is 5.75 Å². The van der Waals surface area contributed by atoms with Gasteiger partial charge in [0, 0.05) is 37.1 Å². The van der Waals surface area contributed by atoms with E-state index in [1.807, 2.05) is 12.1 Å². The summed E-state index contributed by atoms with van der Waals surface area (Å²) in [5.74, 6) is -0.334. The minimum atomic E-state index is -3.83. The number of piperidine rings is 1. The Morgan fingerprint density at radius 3 is 2.79 bits per heavy atom. The lowest BCUT2D eigenvalue weighted by molar-refractivity contribution is -0.126. The van der Waals surface area contributed by atoms with Gasteiger partial charge in [-0.3, -0.25) is 9.78 Å². The number of hydrogen-bond donors (Lipinski definition) is 1. The van der Waals surface area contributed by atoms with Crippen LogP contribution in [0, 0.1) is 5.92 Å². The van der Waals surface area contributed by atoms with Crippen molar-refractivity contribution >= 4 is 27.5 Å². The summed E-state index contributed by atoms with van der Waals surface area (Å²) in [6.07, 6.45) is 4.57. The van der Waals surface area contributed by atoms with Gasteiger partial charge in [-0.25, -0.2) is 8.42 Å². The Kier molecular flexibility index (Phi) is 6.53. The lowest BCUT2D eigenvalue weighted by Gasteiger charge is -2.31. The van der Waals surface area contributed by atoms with Gasteiger partial charge >= 0.3 is 0 Å². The lowest BCUT2D eigenvalue weighted by atomic mass is 9.99. The van der Waals surface area contributed by atoms with Crippen molar-refractivity contribution in [2.75, 3.05) is 20.2 Å². The van der Waals surface area contributed by atoms with E-state index in [4.69, 9.17) is 16.3 Å². The van der Waals surface area contributed by atoms with Crippen LogP contribution < -0.4 is 10.1 Å². The van der Waals surface area contributed by atoms with E-state index >= 15 is 0 Å². The number of carbonyl (C=O) groups excluding carboxylic acids is 1. The molecule has 1 amide bonds. The van der Waals surface area contributed by atoms with Gasteiger partial charge in [0.1, 0.15) is 10.6 Å². The number of nitrogens with zero attached hydrogens (tertiary/aromatic N) is 2. The molecular weight excluding hydrogens is 402 g/mol. The Balaban J connectivity index is 1.72. The fourth-order valence-corrected chi connectivity index (χ4v) is 5.14. The molecule has 2 heterocycles. The molecule has 7 nitrogen and oxygen atoms in total. The predicted octanol–water partition coefficient (Wildman–Crippen LogP) is 2.46. The van der Waals surface area contributed by atoms with E-state index in [1.165, 1.54) is 23.5 Å². The van der Waals surface area contributed by atoms with Crippen molar-refractivity contribution in [2.45, 2.75) is 24.3 Å². The summed E-state index contributed by atoms with van der Waals surface area (Å²) < 4.78 is 32.8. The molecule has 3 rings (SSSR count). The van der Waals surface area contributed by atoms with E-state index < -0.39 is 15.9 Å². The van der Waals surface area contributed by atoms with Crippen LogP contribution in [0.3, 0.4) is 0 Å². The Morgan fingerprint density at radius 2 is 2.07 bits per heavy atom. The van der Waals surface area contributed by atoms with Gasteiger partial charge in [-0.05, 0) is 48.7 Å². The van der Waals surface area contributed by atoms with Crippen LogP contribution in [-0.4, -0.2) is 43.8 Å². The number of carbonyl (C=O) groups is 1. The first kappa shape index (κ1) is 20.6. The number of aromatic nitrogens is 1. The zero-order valence-electron chi connectivity index (χ0n) is 15.5. The molecule has 0 saturated carbocycles. The van der Waals surface area contributed by atoms with Crippen LogP contribution in [-0.2, 0) is 21.4 Å². The number of nitrogens with one attached hydrogen (secondary N) is 1. The van der Waals surface area contributed by atoms with Gasteiger partial charge in [0.25, 0.3) is 0 Å². The first-order valence-corrected chi connectivity index (χ1v) is 10.7. The van der Waals surface area contributed by atoms with Crippen LogP contribution >= 0.6 is 11.6 Å². The maximum atomic E-state index is 13.1. The molecule has 0 bridgehead atoms. The molecule has 9 heteroatoms. The maximum absolute atomic E-state index is 13.1. The van der Waals surface area contributed by atoms with Crippen molar-refractivity contribution in [3.05, 3.63) is 53.3 Å². The van der Waals surface area contributed by atoms with E-state index in [1.54, 1.807) is 18.5 Å².